The van der Waals surface area contributed by atoms with Gasteiger partial charge in [-0.2, -0.15) is 0 Å². The molecular weight excluding hydrogens is 206 g/mol. The van der Waals surface area contributed by atoms with Crippen LogP contribution in [0.1, 0.15) is 59.5 Å². The summed E-state index contributed by atoms with van der Waals surface area (Å²) in [6, 6.07) is 2.53. The van der Waals surface area contributed by atoms with Gasteiger partial charge in [-0.05, 0) is 74.3 Å². The summed E-state index contributed by atoms with van der Waals surface area (Å²) in [5.41, 5.74) is 13.6. The van der Waals surface area contributed by atoms with E-state index in [4.69, 9.17) is 5.73 Å². The summed E-state index contributed by atoms with van der Waals surface area (Å²) >= 11 is 0. The van der Waals surface area contributed by atoms with Crippen LogP contribution in [0.25, 0.3) is 0 Å². The average molecular weight is 231 g/mol. The minimum Gasteiger partial charge on any atom is -0.324 e. The molecule has 1 heteroatoms. The van der Waals surface area contributed by atoms with Crippen molar-refractivity contribution >= 4 is 0 Å². The van der Waals surface area contributed by atoms with Crippen molar-refractivity contribution in [1.29, 1.82) is 0 Å². The van der Waals surface area contributed by atoms with E-state index in [9.17, 15) is 0 Å². The molecule has 2 N–H and O–H groups in total. The molecule has 0 aromatic heterocycles. The molecule has 17 heavy (non-hydrogen) atoms. The highest BCUT2D eigenvalue weighted by Crippen LogP contribution is 2.37. The van der Waals surface area contributed by atoms with E-state index in [1.807, 2.05) is 0 Å². The topological polar surface area (TPSA) is 26.0 Å². The van der Waals surface area contributed by atoms with Gasteiger partial charge in [0, 0.05) is 6.04 Å². The van der Waals surface area contributed by atoms with E-state index in [0.717, 1.165) is 0 Å². The van der Waals surface area contributed by atoms with E-state index in [2.05, 4.69) is 33.8 Å². The van der Waals surface area contributed by atoms with Gasteiger partial charge in [0.2, 0.25) is 0 Å². The summed E-state index contributed by atoms with van der Waals surface area (Å²) in [6.45, 7) is 8.86. The quantitative estimate of drug-likeness (QED) is 0.814. The van der Waals surface area contributed by atoms with Crippen molar-refractivity contribution in [3.8, 4) is 0 Å². The van der Waals surface area contributed by atoms with Crippen LogP contribution < -0.4 is 5.73 Å². The van der Waals surface area contributed by atoms with Crippen LogP contribution in [0.4, 0.5) is 0 Å². The van der Waals surface area contributed by atoms with Gasteiger partial charge in [-0.25, -0.2) is 0 Å². The molecule has 1 fully saturated rings. The standard InChI is InChI=1S/C16H25N/c1-10-9-11(2)13(4)15(12(10)3)16(17)14-7-5-6-8-14/h9,14,16H,5-8,17H2,1-4H3. The van der Waals surface area contributed by atoms with Gasteiger partial charge in [-0.3, -0.25) is 0 Å². The summed E-state index contributed by atoms with van der Waals surface area (Å²) in [5, 5.41) is 0. The van der Waals surface area contributed by atoms with Crippen LogP contribution in [0.3, 0.4) is 0 Å². The average Bonchev–Trinajstić information content (AvgIpc) is 2.80. The van der Waals surface area contributed by atoms with Crippen molar-refractivity contribution < 1.29 is 0 Å². The van der Waals surface area contributed by atoms with Gasteiger partial charge in [0.15, 0.2) is 0 Å². The van der Waals surface area contributed by atoms with Crippen molar-refractivity contribution in [3.63, 3.8) is 0 Å². The van der Waals surface area contributed by atoms with Gasteiger partial charge in [-0.1, -0.05) is 18.9 Å². The lowest BCUT2D eigenvalue weighted by molar-refractivity contribution is 0.441. The second-order valence-corrected chi connectivity index (χ2v) is 5.74. The summed E-state index contributed by atoms with van der Waals surface area (Å²) in [5.74, 6) is 0.702. The van der Waals surface area contributed by atoms with Gasteiger partial charge in [-0.15, -0.1) is 0 Å². The molecule has 1 nitrogen and oxygen atoms in total. The lowest BCUT2D eigenvalue weighted by atomic mass is 9.84. The summed E-state index contributed by atoms with van der Waals surface area (Å²) in [6.07, 6.45) is 5.35. The molecule has 1 unspecified atom stereocenters. The zero-order valence-electron chi connectivity index (χ0n) is 11.6. The highest BCUT2D eigenvalue weighted by atomic mass is 14.7. The number of hydrogen-bond donors (Lipinski definition) is 1. The molecule has 1 atom stereocenters. The van der Waals surface area contributed by atoms with E-state index in [-0.39, 0.29) is 6.04 Å². The third-order valence-corrected chi connectivity index (χ3v) is 4.67. The summed E-state index contributed by atoms with van der Waals surface area (Å²) in [4.78, 5) is 0. The molecule has 0 aliphatic heterocycles. The molecule has 2 rings (SSSR count). The fourth-order valence-electron chi connectivity index (χ4n) is 3.30. The Labute approximate surface area is 105 Å². The minimum absolute atomic E-state index is 0.246. The smallest absolute Gasteiger partial charge is 0.0328 e. The molecule has 0 saturated heterocycles. The van der Waals surface area contributed by atoms with Crippen molar-refractivity contribution in [2.24, 2.45) is 11.7 Å². The third-order valence-electron chi connectivity index (χ3n) is 4.67. The Hall–Kier alpha value is -0.820. The first kappa shape index (κ1) is 12.6. The number of aryl methyl sites for hydroxylation is 2. The Bertz CT molecular complexity index is 388. The maximum absolute atomic E-state index is 6.54. The Kier molecular flexibility index (Phi) is 3.58. The van der Waals surface area contributed by atoms with E-state index < -0.39 is 0 Å². The molecule has 1 aromatic carbocycles. The largest absolute Gasteiger partial charge is 0.324 e. The molecule has 0 amide bonds. The van der Waals surface area contributed by atoms with Gasteiger partial charge in [0.05, 0.1) is 0 Å². The fourth-order valence-corrected chi connectivity index (χ4v) is 3.30. The van der Waals surface area contributed by atoms with Crippen molar-refractivity contribution in [1.82, 2.24) is 0 Å². The van der Waals surface area contributed by atoms with Crippen LogP contribution in [0.15, 0.2) is 6.07 Å². The first-order chi connectivity index (χ1) is 8.02. The zero-order valence-corrected chi connectivity index (χ0v) is 11.6. The number of nitrogens with two attached hydrogens (primary N) is 1. The number of rotatable bonds is 2. The van der Waals surface area contributed by atoms with E-state index in [0.29, 0.717) is 5.92 Å². The Morgan fingerprint density at radius 3 is 1.94 bits per heavy atom. The molecular formula is C16H25N. The van der Waals surface area contributed by atoms with Crippen molar-refractivity contribution in [2.45, 2.75) is 59.4 Å². The number of benzene rings is 1. The third kappa shape index (κ3) is 2.26. The second kappa shape index (κ2) is 4.81. The van der Waals surface area contributed by atoms with Crippen LogP contribution >= 0.6 is 0 Å². The fraction of sp³-hybridized carbons (Fsp3) is 0.625. The van der Waals surface area contributed by atoms with Crippen LogP contribution in [-0.4, -0.2) is 0 Å². The van der Waals surface area contributed by atoms with Gasteiger partial charge in [0.25, 0.3) is 0 Å². The zero-order chi connectivity index (χ0) is 12.6. The Balaban J connectivity index is 2.42. The van der Waals surface area contributed by atoms with E-state index in [1.165, 1.54) is 53.5 Å². The van der Waals surface area contributed by atoms with Crippen LogP contribution in [-0.2, 0) is 0 Å². The lowest BCUT2D eigenvalue weighted by Crippen LogP contribution is -2.22. The highest BCUT2D eigenvalue weighted by molar-refractivity contribution is 5.45. The maximum Gasteiger partial charge on any atom is 0.0328 e. The molecule has 94 valence electrons. The lowest BCUT2D eigenvalue weighted by Gasteiger charge is -2.25. The maximum atomic E-state index is 6.54. The van der Waals surface area contributed by atoms with Crippen LogP contribution in [0.5, 0.6) is 0 Å². The molecule has 0 bridgehead atoms. The van der Waals surface area contributed by atoms with Gasteiger partial charge >= 0.3 is 0 Å². The predicted molar refractivity (Wildman–Crippen MR) is 74.3 cm³/mol. The molecule has 1 aromatic rings. The normalized spacial score (nSPS) is 18.6. The molecule has 1 aliphatic carbocycles. The molecule has 0 heterocycles. The Morgan fingerprint density at radius 1 is 1.00 bits per heavy atom. The Morgan fingerprint density at radius 2 is 1.47 bits per heavy atom. The monoisotopic (exact) mass is 231 g/mol. The van der Waals surface area contributed by atoms with E-state index >= 15 is 0 Å². The highest BCUT2D eigenvalue weighted by Gasteiger charge is 2.26. The second-order valence-electron chi connectivity index (χ2n) is 5.74. The molecule has 1 aliphatic rings. The molecule has 1 saturated carbocycles. The van der Waals surface area contributed by atoms with Gasteiger partial charge < -0.3 is 5.73 Å². The van der Waals surface area contributed by atoms with E-state index in [1.54, 1.807) is 0 Å². The molecule has 0 radical (unpaired) electrons. The first-order valence-corrected chi connectivity index (χ1v) is 6.85. The van der Waals surface area contributed by atoms with Gasteiger partial charge in [0.1, 0.15) is 0 Å². The van der Waals surface area contributed by atoms with Crippen LogP contribution in [0.2, 0.25) is 0 Å². The predicted octanol–water partition coefficient (Wildman–Crippen LogP) is 4.11. The summed E-state index contributed by atoms with van der Waals surface area (Å²) in [7, 11) is 0. The first-order valence-electron chi connectivity index (χ1n) is 6.85. The SMILES string of the molecule is Cc1cc(C)c(C)c(C(N)C2CCCC2)c1C. The van der Waals surface area contributed by atoms with Crippen molar-refractivity contribution in [3.05, 3.63) is 33.9 Å². The number of hydrogen-bond acceptors (Lipinski definition) is 1. The van der Waals surface area contributed by atoms with Crippen molar-refractivity contribution in [2.75, 3.05) is 0 Å². The minimum atomic E-state index is 0.246. The van der Waals surface area contributed by atoms with Crippen LogP contribution in [0, 0.1) is 33.6 Å². The summed E-state index contributed by atoms with van der Waals surface area (Å²) < 4.78 is 0. The molecule has 0 spiro atoms.